The lowest BCUT2D eigenvalue weighted by Crippen LogP contribution is -2.39. The molecule has 0 bridgehead atoms. The van der Waals surface area contributed by atoms with E-state index in [0.717, 1.165) is 18.7 Å². The van der Waals surface area contributed by atoms with Gasteiger partial charge in [0, 0.05) is 24.6 Å². The van der Waals surface area contributed by atoms with Gasteiger partial charge < -0.3 is 4.90 Å². The van der Waals surface area contributed by atoms with E-state index in [1.807, 2.05) is 0 Å². The van der Waals surface area contributed by atoms with Gasteiger partial charge in [-0.1, -0.05) is 42.1 Å². The smallest absolute Gasteiger partial charge is 0.186 e. The molecule has 0 radical (unpaired) electrons. The molecule has 1 aliphatic rings. The van der Waals surface area contributed by atoms with E-state index in [0.29, 0.717) is 0 Å². The average Bonchev–Trinajstić information content (AvgIpc) is 2.55. The van der Waals surface area contributed by atoms with Gasteiger partial charge in [0.25, 0.3) is 0 Å². The Morgan fingerprint density at radius 3 is 2.58 bits per heavy atom. The van der Waals surface area contributed by atoms with Crippen LogP contribution in [0.2, 0.25) is 0 Å². The molecule has 0 aromatic carbocycles. The highest BCUT2D eigenvalue weighted by atomic mass is 32.2. The zero-order valence-corrected chi connectivity index (χ0v) is 15.8. The average molecular weight is 344 g/mol. The Morgan fingerprint density at radius 1 is 1.33 bits per heavy atom. The Kier molecular flexibility index (Phi) is 6.58. The molecular formula is C20H27N2OS+. The third kappa shape index (κ3) is 5.46. The maximum atomic E-state index is 10.9. The van der Waals surface area contributed by atoms with E-state index in [1.54, 1.807) is 6.92 Å². The zero-order valence-electron chi connectivity index (χ0n) is 15.0. The van der Waals surface area contributed by atoms with Gasteiger partial charge in [-0.3, -0.25) is 4.79 Å². The van der Waals surface area contributed by atoms with Crippen molar-refractivity contribution in [2.45, 2.75) is 32.4 Å². The van der Waals surface area contributed by atoms with Gasteiger partial charge in [0.1, 0.15) is 0 Å². The molecule has 1 heterocycles. The van der Waals surface area contributed by atoms with Gasteiger partial charge in [-0.05, 0) is 38.6 Å². The number of pyridine rings is 1. The number of nitrogens with zero attached hydrogens (tertiary/aromatic N) is 2. The standard InChI is InChI=1S/C20H27N2OS/c1-17(23)24-16-15-22-13-9-19(10-14-22)6-5-18-7-11-20(2,12-8-18)21(3)4/h5-11,13-14H,12,15-16H2,1-4H3/q+1/b6-5+. The molecule has 3 nitrogen and oxygen atoms in total. The summed E-state index contributed by atoms with van der Waals surface area (Å²) < 4.78 is 2.11. The zero-order chi connectivity index (χ0) is 17.6. The number of rotatable bonds is 6. The third-order valence-corrected chi connectivity index (χ3v) is 5.24. The van der Waals surface area contributed by atoms with Crippen LogP contribution >= 0.6 is 11.8 Å². The maximum Gasteiger partial charge on any atom is 0.186 e. The molecule has 1 aromatic heterocycles. The molecule has 0 aliphatic heterocycles. The molecule has 2 rings (SSSR count). The van der Waals surface area contributed by atoms with Crippen molar-refractivity contribution in [3.05, 3.63) is 60.0 Å². The molecule has 0 spiro atoms. The van der Waals surface area contributed by atoms with Crippen molar-refractivity contribution in [1.29, 1.82) is 0 Å². The lowest BCUT2D eigenvalue weighted by molar-refractivity contribution is -0.692. The van der Waals surface area contributed by atoms with Crippen LogP contribution < -0.4 is 4.57 Å². The Balaban J connectivity index is 1.90. The first-order chi connectivity index (χ1) is 11.4. The van der Waals surface area contributed by atoms with Crippen molar-refractivity contribution in [3.63, 3.8) is 0 Å². The van der Waals surface area contributed by atoms with E-state index >= 15 is 0 Å². The molecule has 4 heteroatoms. The monoisotopic (exact) mass is 343 g/mol. The molecule has 0 saturated carbocycles. The lowest BCUT2D eigenvalue weighted by Gasteiger charge is -2.34. The van der Waals surface area contributed by atoms with Crippen molar-refractivity contribution in [2.24, 2.45) is 0 Å². The fraction of sp³-hybridized carbons (Fsp3) is 0.400. The van der Waals surface area contributed by atoms with Crippen LogP contribution in [0.3, 0.4) is 0 Å². The normalized spacial score (nSPS) is 20.6. The summed E-state index contributed by atoms with van der Waals surface area (Å²) in [5.41, 5.74) is 2.55. The Bertz CT molecular complexity index is 659. The summed E-state index contributed by atoms with van der Waals surface area (Å²) in [5, 5.41) is 0.175. The Hall–Kier alpha value is -1.65. The van der Waals surface area contributed by atoms with Crippen LogP contribution in [0.15, 0.2) is 54.4 Å². The number of likely N-dealkylation sites (N-methyl/N-ethyl adjacent to an activating group) is 1. The summed E-state index contributed by atoms with van der Waals surface area (Å²) in [6, 6.07) is 4.21. The van der Waals surface area contributed by atoms with Gasteiger partial charge >= 0.3 is 0 Å². The number of aromatic nitrogens is 1. The second-order valence-electron chi connectivity index (χ2n) is 6.54. The van der Waals surface area contributed by atoms with Gasteiger partial charge in [-0.2, -0.15) is 0 Å². The van der Waals surface area contributed by atoms with Crippen LogP contribution in [0.4, 0.5) is 0 Å². The minimum atomic E-state index is 0.119. The molecule has 1 unspecified atom stereocenters. The molecule has 0 N–H and O–H groups in total. The predicted octanol–water partition coefficient (Wildman–Crippen LogP) is 3.47. The van der Waals surface area contributed by atoms with Crippen molar-refractivity contribution >= 4 is 23.0 Å². The van der Waals surface area contributed by atoms with Gasteiger partial charge in [0.15, 0.2) is 24.1 Å². The van der Waals surface area contributed by atoms with Gasteiger partial charge in [-0.15, -0.1) is 0 Å². The summed E-state index contributed by atoms with van der Waals surface area (Å²) in [7, 11) is 4.24. The number of aryl methyl sites for hydroxylation is 1. The topological polar surface area (TPSA) is 24.2 Å². The summed E-state index contributed by atoms with van der Waals surface area (Å²) in [4.78, 5) is 13.2. The van der Waals surface area contributed by atoms with E-state index in [1.165, 1.54) is 22.9 Å². The highest BCUT2D eigenvalue weighted by Crippen LogP contribution is 2.25. The highest BCUT2D eigenvalue weighted by molar-refractivity contribution is 8.13. The molecule has 1 aromatic rings. The summed E-state index contributed by atoms with van der Waals surface area (Å²) in [6.45, 7) is 4.71. The molecule has 0 saturated heterocycles. The van der Waals surface area contributed by atoms with Gasteiger partial charge in [0.2, 0.25) is 0 Å². The molecule has 0 amide bonds. The highest BCUT2D eigenvalue weighted by Gasteiger charge is 2.24. The van der Waals surface area contributed by atoms with Crippen molar-refractivity contribution in [2.75, 3.05) is 19.8 Å². The number of thioether (sulfide) groups is 1. The third-order valence-electron chi connectivity index (χ3n) is 4.45. The van der Waals surface area contributed by atoms with E-state index < -0.39 is 0 Å². The quantitative estimate of drug-likeness (QED) is 0.739. The Morgan fingerprint density at radius 2 is 2.04 bits per heavy atom. The van der Waals surface area contributed by atoms with Gasteiger partial charge in [0.05, 0.1) is 5.75 Å². The van der Waals surface area contributed by atoms with Crippen molar-refractivity contribution < 1.29 is 9.36 Å². The SMILES string of the molecule is CC(=O)SCC[n+]1ccc(/C=C/C2=CCC(C)(N(C)C)C=C2)cc1. The summed E-state index contributed by atoms with van der Waals surface area (Å²) in [6.07, 6.45) is 16.2. The summed E-state index contributed by atoms with van der Waals surface area (Å²) >= 11 is 1.37. The van der Waals surface area contributed by atoms with E-state index in [-0.39, 0.29) is 10.7 Å². The van der Waals surface area contributed by atoms with E-state index in [2.05, 4.69) is 85.4 Å². The maximum absolute atomic E-state index is 10.9. The van der Waals surface area contributed by atoms with Crippen molar-refractivity contribution in [3.8, 4) is 0 Å². The van der Waals surface area contributed by atoms with Crippen LogP contribution in [0.25, 0.3) is 6.08 Å². The van der Waals surface area contributed by atoms with Crippen LogP contribution in [0.5, 0.6) is 0 Å². The largest absolute Gasteiger partial charge is 0.300 e. The van der Waals surface area contributed by atoms with Crippen LogP contribution in [0, 0.1) is 0 Å². The Labute approximate surface area is 149 Å². The first-order valence-electron chi connectivity index (χ1n) is 8.26. The van der Waals surface area contributed by atoms with Crippen LogP contribution in [0.1, 0.15) is 25.8 Å². The second-order valence-corrected chi connectivity index (χ2v) is 7.81. The second kappa shape index (κ2) is 8.45. The predicted molar refractivity (Wildman–Crippen MR) is 103 cm³/mol. The van der Waals surface area contributed by atoms with E-state index in [9.17, 15) is 4.79 Å². The first-order valence-corrected chi connectivity index (χ1v) is 9.25. The summed E-state index contributed by atoms with van der Waals surface area (Å²) in [5.74, 6) is 0.817. The molecular weight excluding hydrogens is 316 g/mol. The number of carbonyl (C=O) groups is 1. The molecule has 24 heavy (non-hydrogen) atoms. The van der Waals surface area contributed by atoms with Crippen molar-refractivity contribution in [1.82, 2.24) is 4.90 Å². The lowest BCUT2D eigenvalue weighted by atomic mass is 9.89. The van der Waals surface area contributed by atoms with Crippen LogP contribution in [-0.4, -0.2) is 35.4 Å². The molecule has 0 fully saturated rings. The van der Waals surface area contributed by atoms with Crippen LogP contribution in [-0.2, 0) is 11.3 Å². The molecule has 1 atom stereocenters. The fourth-order valence-electron chi connectivity index (χ4n) is 2.41. The number of hydrogen-bond acceptors (Lipinski definition) is 3. The number of hydrogen-bond donors (Lipinski definition) is 0. The minimum absolute atomic E-state index is 0.119. The molecule has 128 valence electrons. The number of allylic oxidation sites excluding steroid dienone is 3. The molecule has 1 aliphatic carbocycles. The minimum Gasteiger partial charge on any atom is -0.300 e. The number of carbonyl (C=O) groups excluding carboxylic acids is 1. The van der Waals surface area contributed by atoms with Gasteiger partial charge in [-0.25, -0.2) is 4.57 Å². The first kappa shape index (κ1) is 18.7. The van der Waals surface area contributed by atoms with E-state index in [4.69, 9.17) is 0 Å². The fourth-order valence-corrected chi connectivity index (χ4v) is 3.00.